The van der Waals surface area contributed by atoms with E-state index >= 15 is 0 Å². The summed E-state index contributed by atoms with van der Waals surface area (Å²) >= 11 is 3.14. The number of ether oxygens (including phenoxy) is 1. The lowest BCUT2D eigenvalue weighted by atomic mass is 10.2. The zero-order valence-corrected chi connectivity index (χ0v) is 11.5. The molecule has 0 aromatic heterocycles. The van der Waals surface area contributed by atoms with Crippen LogP contribution >= 0.6 is 15.9 Å². The number of hydrogen-bond acceptors (Lipinski definition) is 2. The molecule has 2 rings (SSSR count). The molecule has 1 aromatic rings. The Morgan fingerprint density at radius 2 is 2.29 bits per heavy atom. The van der Waals surface area contributed by atoms with E-state index in [1.54, 1.807) is 12.1 Å². The second-order valence-corrected chi connectivity index (χ2v) is 5.53. The molecule has 1 saturated carbocycles. The molecular formula is C13H17BrFNO. The molecular weight excluding hydrogens is 285 g/mol. The van der Waals surface area contributed by atoms with E-state index in [2.05, 4.69) is 28.2 Å². The van der Waals surface area contributed by atoms with Gasteiger partial charge in [-0.15, -0.1) is 0 Å². The van der Waals surface area contributed by atoms with Crippen molar-refractivity contribution in [2.45, 2.75) is 25.8 Å². The summed E-state index contributed by atoms with van der Waals surface area (Å²) in [5, 5.41) is 3.46. The van der Waals surface area contributed by atoms with Crippen LogP contribution < -0.4 is 10.1 Å². The summed E-state index contributed by atoms with van der Waals surface area (Å²) in [6, 6.07) is 5.46. The lowest BCUT2D eigenvalue weighted by Crippen LogP contribution is -2.26. The van der Waals surface area contributed by atoms with Gasteiger partial charge in [0, 0.05) is 18.5 Å². The topological polar surface area (TPSA) is 21.3 Å². The van der Waals surface area contributed by atoms with Crippen LogP contribution in [0.25, 0.3) is 0 Å². The van der Waals surface area contributed by atoms with E-state index in [0.29, 0.717) is 22.7 Å². The highest BCUT2D eigenvalue weighted by molar-refractivity contribution is 9.10. The molecule has 0 heterocycles. The molecule has 0 bridgehead atoms. The molecule has 0 spiro atoms. The van der Waals surface area contributed by atoms with Crippen LogP contribution in [0.3, 0.4) is 0 Å². The van der Waals surface area contributed by atoms with Crippen molar-refractivity contribution in [1.29, 1.82) is 0 Å². The van der Waals surface area contributed by atoms with Crippen molar-refractivity contribution in [3.05, 3.63) is 28.5 Å². The highest BCUT2D eigenvalue weighted by atomic mass is 79.9. The van der Waals surface area contributed by atoms with Gasteiger partial charge in [0.15, 0.2) is 0 Å². The zero-order valence-electron chi connectivity index (χ0n) is 9.88. The molecule has 0 radical (unpaired) electrons. The molecule has 1 aliphatic rings. The smallest absolute Gasteiger partial charge is 0.137 e. The Balaban J connectivity index is 1.73. The Kier molecular flexibility index (Phi) is 4.40. The van der Waals surface area contributed by atoms with E-state index < -0.39 is 0 Å². The van der Waals surface area contributed by atoms with E-state index in [-0.39, 0.29) is 5.82 Å². The van der Waals surface area contributed by atoms with Crippen molar-refractivity contribution in [3.8, 4) is 5.75 Å². The fraction of sp³-hybridized carbons (Fsp3) is 0.538. The minimum atomic E-state index is -0.263. The lowest BCUT2D eigenvalue weighted by molar-refractivity contribution is 0.255. The van der Waals surface area contributed by atoms with E-state index in [9.17, 15) is 4.39 Å². The monoisotopic (exact) mass is 301 g/mol. The summed E-state index contributed by atoms with van der Waals surface area (Å²) < 4.78 is 19.1. The minimum absolute atomic E-state index is 0.263. The summed E-state index contributed by atoms with van der Waals surface area (Å²) in [7, 11) is 0. The van der Waals surface area contributed by atoms with Crippen LogP contribution in [-0.4, -0.2) is 19.2 Å². The molecule has 94 valence electrons. The van der Waals surface area contributed by atoms with Crippen molar-refractivity contribution < 1.29 is 9.13 Å². The van der Waals surface area contributed by atoms with Gasteiger partial charge in [-0.3, -0.25) is 0 Å². The lowest BCUT2D eigenvalue weighted by Gasteiger charge is -2.14. The van der Waals surface area contributed by atoms with Crippen LogP contribution in [0.4, 0.5) is 4.39 Å². The van der Waals surface area contributed by atoms with Crippen molar-refractivity contribution in [2.24, 2.45) is 5.92 Å². The standard InChI is InChI=1S/C13H17BrFNO/c1-9(7-16-10-2-3-10)8-17-11-4-5-13(15)12(14)6-11/h4-6,9-10,16H,2-3,7-8H2,1H3. The number of benzene rings is 1. The van der Waals surface area contributed by atoms with Crippen molar-refractivity contribution >= 4 is 15.9 Å². The van der Waals surface area contributed by atoms with Gasteiger partial charge >= 0.3 is 0 Å². The summed E-state index contributed by atoms with van der Waals surface area (Å²) in [6.45, 7) is 3.78. The van der Waals surface area contributed by atoms with Gasteiger partial charge in [0.2, 0.25) is 0 Å². The van der Waals surface area contributed by atoms with Gasteiger partial charge in [-0.05, 0) is 47.0 Å². The van der Waals surface area contributed by atoms with Crippen molar-refractivity contribution in [2.75, 3.05) is 13.2 Å². The van der Waals surface area contributed by atoms with Crippen LogP contribution in [0.1, 0.15) is 19.8 Å². The first-order chi connectivity index (χ1) is 8.15. The van der Waals surface area contributed by atoms with E-state index in [1.165, 1.54) is 18.9 Å². The highest BCUT2D eigenvalue weighted by Gasteiger charge is 2.20. The predicted octanol–water partition coefficient (Wildman–Crippen LogP) is 3.36. The van der Waals surface area contributed by atoms with Crippen molar-refractivity contribution in [1.82, 2.24) is 5.32 Å². The summed E-state index contributed by atoms with van der Waals surface area (Å²) in [4.78, 5) is 0. The maximum atomic E-state index is 13.0. The molecule has 1 fully saturated rings. The third-order valence-corrected chi connectivity index (χ3v) is 3.37. The van der Waals surface area contributed by atoms with Crippen LogP contribution in [0.5, 0.6) is 5.75 Å². The Morgan fingerprint density at radius 3 is 2.94 bits per heavy atom. The van der Waals surface area contributed by atoms with Gasteiger partial charge in [-0.1, -0.05) is 6.92 Å². The SMILES string of the molecule is CC(CNC1CC1)COc1ccc(F)c(Br)c1. The van der Waals surface area contributed by atoms with Crippen LogP contribution in [-0.2, 0) is 0 Å². The Labute approximate surface area is 110 Å². The van der Waals surface area contributed by atoms with Crippen LogP contribution in [0, 0.1) is 11.7 Å². The summed E-state index contributed by atoms with van der Waals surface area (Å²) in [6.07, 6.45) is 2.61. The predicted molar refractivity (Wildman–Crippen MR) is 69.8 cm³/mol. The van der Waals surface area contributed by atoms with Gasteiger partial charge in [0.05, 0.1) is 11.1 Å². The average molecular weight is 302 g/mol. The highest BCUT2D eigenvalue weighted by Crippen LogP contribution is 2.22. The molecule has 0 amide bonds. The Bertz CT molecular complexity index is 382. The van der Waals surface area contributed by atoms with Crippen LogP contribution in [0.2, 0.25) is 0 Å². The number of nitrogens with one attached hydrogen (secondary N) is 1. The fourth-order valence-electron chi connectivity index (χ4n) is 1.52. The Hall–Kier alpha value is -0.610. The minimum Gasteiger partial charge on any atom is -0.493 e. The van der Waals surface area contributed by atoms with Gasteiger partial charge in [0.1, 0.15) is 11.6 Å². The summed E-state index contributed by atoms with van der Waals surface area (Å²) in [5.41, 5.74) is 0. The fourth-order valence-corrected chi connectivity index (χ4v) is 1.88. The largest absolute Gasteiger partial charge is 0.493 e. The molecule has 1 aliphatic carbocycles. The van der Waals surface area contributed by atoms with Gasteiger partial charge < -0.3 is 10.1 Å². The maximum Gasteiger partial charge on any atom is 0.137 e. The molecule has 17 heavy (non-hydrogen) atoms. The van der Waals surface area contributed by atoms with Gasteiger partial charge in [-0.2, -0.15) is 0 Å². The van der Waals surface area contributed by atoms with E-state index in [0.717, 1.165) is 12.6 Å². The van der Waals surface area contributed by atoms with E-state index in [4.69, 9.17) is 4.74 Å². The second-order valence-electron chi connectivity index (χ2n) is 4.67. The molecule has 0 saturated heterocycles. The summed E-state index contributed by atoms with van der Waals surface area (Å²) in [5.74, 6) is 0.900. The average Bonchev–Trinajstić information content (AvgIpc) is 3.12. The van der Waals surface area contributed by atoms with Crippen molar-refractivity contribution in [3.63, 3.8) is 0 Å². The molecule has 4 heteroatoms. The first kappa shape index (κ1) is 12.8. The second kappa shape index (κ2) is 5.83. The van der Waals surface area contributed by atoms with Gasteiger partial charge in [-0.25, -0.2) is 4.39 Å². The number of halogens is 2. The van der Waals surface area contributed by atoms with E-state index in [1.807, 2.05) is 0 Å². The number of hydrogen-bond donors (Lipinski definition) is 1. The normalized spacial score (nSPS) is 16.9. The zero-order chi connectivity index (χ0) is 12.3. The molecule has 1 unspecified atom stereocenters. The first-order valence-electron chi connectivity index (χ1n) is 5.96. The molecule has 1 N–H and O–H groups in total. The van der Waals surface area contributed by atoms with Gasteiger partial charge in [0.25, 0.3) is 0 Å². The van der Waals surface area contributed by atoms with Crippen LogP contribution in [0.15, 0.2) is 22.7 Å². The Morgan fingerprint density at radius 1 is 1.53 bits per heavy atom. The number of rotatable bonds is 6. The molecule has 2 nitrogen and oxygen atoms in total. The first-order valence-corrected chi connectivity index (χ1v) is 6.75. The third-order valence-electron chi connectivity index (χ3n) is 2.76. The molecule has 1 aromatic carbocycles. The molecule has 0 aliphatic heterocycles. The maximum absolute atomic E-state index is 13.0. The quantitative estimate of drug-likeness (QED) is 0.870. The molecule has 1 atom stereocenters. The third kappa shape index (κ3) is 4.28.